The predicted molar refractivity (Wildman–Crippen MR) is 183 cm³/mol. The number of thiazole rings is 1. The molecule has 5 heterocycles. The molecule has 1 atom stereocenters. The minimum atomic E-state index is -4.78. The van der Waals surface area contributed by atoms with Gasteiger partial charge in [-0.05, 0) is 37.6 Å². The molecule has 1 saturated heterocycles. The van der Waals surface area contributed by atoms with Gasteiger partial charge in [-0.25, -0.2) is 19.9 Å². The first-order valence-electron chi connectivity index (χ1n) is 16.1. The van der Waals surface area contributed by atoms with Crippen LogP contribution in [0.25, 0.3) is 33.2 Å². The second kappa shape index (κ2) is 13.7. The van der Waals surface area contributed by atoms with Crippen LogP contribution in [0.15, 0.2) is 60.1 Å². The Hall–Kier alpha value is -5.02. The molecule has 0 radical (unpaired) electrons. The summed E-state index contributed by atoms with van der Waals surface area (Å²) in [5.41, 5.74) is 3.42. The molecule has 2 aromatic carbocycles. The van der Waals surface area contributed by atoms with Crippen LogP contribution in [-0.2, 0) is 23.9 Å². The molecule has 1 aliphatic heterocycles. The summed E-state index contributed by atoms with van der Waals surface area (Å²) < 4.78 is 54.7. The molecule has 50 heavy (non-hydrogen) atoms. The molecule has 0 spiro atoms. The summed E-state index contributed by atoms with van der Waals surface area (Å²) >= 11 is 1.60. The zero-order valence-electron chi connectivity index (χ0n) is 27.7. The fourth-order valence-corrected chi connectivity index (χ4v) is 7.15. The lowest BCUT2D eigenvalue weighted by Crippen LogP contribution is -2.40. The Morgan fingerprint density at radius 1 is 1.02 bits per heavy atom. The molecular weight excluding hydrogens is 669 g/mol. The molecule has 11 nitrogen and oxygen atoms in total. The third kappa shape index (κ3) is 6.74. The van der Waals surface area contributed by atoms with Gasteiger partial charge in [-0.1, -0.05) is 18.2 Å². The van der Waals surface area contributed by atoms with Crippen LogP contribution in [0, 0.1) is 6.92 Å². The molecule has 1 unspecified atom stereocenters. The zero-order chi connectivity index (χ0) is 35.0. The predicted octanol–water partition coefficient (Wildman–Crippen LogP) is 6.29. The third-order valence-corrected chi connectivity index (χ3v) is 9.83. The van der Waals surface area contributed by atoms with Gasteiger partial charge in [0.25, 0.3) is 0 Å². The van der Waals surface area contributed by atoms with E-state index in [-0.39, 0.29) is 17.6 Å². The second-order valence-electron chi connectivity index (χ2n) is 12.1. The molecule has 1 N–H and O–H groups in total. The number of H-pyrrole nitrogens is 1. The van der Waals surface area contributed by atoms with Gasteiger partial charge in [0.15, 0.2) is 0 Å². The van der Waals surface area contributed by atoms with E-state index in [2.05, 4.69) is 30.2 Å². The number of alkyl halides is 3. The number of aromatic nitrogens is 6. The number of hydrogen-bond acceptors (Lipinski definition) is 9. The summed E-state index contributed by atoms with van der Waals surface area (Å²) in [4.78, 5) is 39.4. The first-order valence-corrected chi connectivity index (χ1v) is 17.0. The summed E-state index contributed by atoms with van der Waals surface area (Å²) in [6, 6.07) is 13.6. The van der Waals surface area contributed by atoms with Gasteiger partial charge >= 0.3 is 6.18 Å². The van der Waals surface area contributed by atoms with Crippen LogP contribution < -0.4 is 9.47 Å². The number of carbonyl (C=O) groups is 1. The minimum Gasteiger partial charge on any atom is -0.497 e. The van der Waals surface area contributed by atoms with Crippen LogP contribution in [0.2, 0.25) is 0 Å². The average molecular weight is 705 g/mol. The zero-order valence-corrected chi connectivity index (χ0v) is 28.5. The van der Waals surface area contributed by atoms with E-state index < -0.39 is 30.5 Å². The normalized spacial score (nSPS) is 15.9. The summed E-state index contributed by atoms with van der Waals surface area (Å²) in [6.45, 7) is 3.60. The van der Waals surface area contributed by atoms with Crippen molar-refractivity contribution < 1.29 is 27.4 Å². The Bertz CT molecular complexity index is 2160. The number of methoxy groups -OCH3 is 2. The van der Waals surface area contributed by atoms with Gasteiger partial charge in [-0.15, -0.1) is 11.3 Å². The van der Waals surface area contributed by atoms with Gasteiger partial charge in [0.1, 0.15) is 18.1 Å². The van der Waals surface area contributed by atoms with Crippen LogP contribution in [-0.4, -0.2) is 85.6 Å². The summed E-state index contributed by atoms with van der Waals surface area (Å²) in [5.74, 6) is -0.327. The number of nitrogens with zero attached hydrogens (tertiary/aromatic N) is 7. The topological polar surface area (TPSA) is 114 Å². The van der Waals surface area contributed by atoms with Gasteiger partial charge in [0, 0.05) is 49.4 Å². The van der Waals surface area contributed by atoms with Crippen LogP contribution in [0.4, 0.5) is 13.2 Å². The largest absolute Gasteiger partial charge is 0.497 e. The maximum atomic E-state index is 14.3. The molecule has 1 amide bonds. The fraction of sp³-hybridized carbons (Fsp3) is 0.343. The molecule has 1 aliphatic rings. The summed E-state index contributed by atoms with van der Waals surface area (Å²) in [6.07, 6.45) is -1.84. The van der Waals surface area contributed by atoms with Crippen LogP contribution >= 0.6 is 11.3 Å². The van der Waals surface area contributed by atoms with Crippen molar-refractivity contribution in [3.63, 3.8) is 0 Å². The third-order valence-electron chi connectivity index (χ3n) is 9.01. The number of aromatic amines is 1. The molecule has 0 aliphatic carbocycles. The summed E-state index contributed by atoms with van der Waals surface area (Å²) in [7, 11) is 2.98. The Morgan fingerprint density at radius 3 is 2.62 bits per heavy atom. The average Bonchev–Trinajstić information content (AvgIpc) is 3.82. The number of ether oxygens (including phenoxy) is 2. The monoisotopic (exact) mass is 704 g/mol. The molecule has 7 rings (SSSR count). The van der Waals surface area contributed by atoms with Crippen molar-refractivity contribution in [1.82, 2.24) is 39.3 Å². The van der Waals surface area contributed by atoms with E-state index in [1.807, 2.05) is 37.3 Å². The standard InChI is InChI=1S/C35H35F3N8O3S/c1-21-40-23(20-50-21)10-12-44-13-11-29(32-39-18-28(41-32)25-16-22-6-4-5-7-26(22)42-33(25)49-3)45(15-14-44)31(47)19-46-30-17-24(48-2)8-9-27(30)43-34(46)35(36,37)38/h4-9,16-18,20,29H,10-15,19H2,1-3H3,(H,39,41). The lowest BCUT2D eigenvalue weighted by Gasteiger charge is -2.29. The summed E-state index contributed by atoms with van der Waals surface area (Å²) in [5, 5.41) is 3.97. The van der Waals surface area contributed by atoms with E-state index in [0.29, 0.717) is 48.2 Å². The van der Waals surface area contributed by atoms with Crippen LogP contribution in [0.3, 0.4) is 0 Å². The van der Waals surface area contributed by atoms with Gasteiger partial charge in [0.05, 0.1) is 65.0 Å². The van der Waals surface area contributed by atoms with E-state index in [0.717, 1.165) is 39.1 Å². The highest BCUT2D eigenvalue weighted by Crippen LogP contribution is 2.35. The van der Waals surface area contributed by atoms with Crippen molar-refractivity contribution in [2.45, 2.75) is 38.5 Å². The molecular formula is C35H35F3N8O3S. The Morgan fingerprint density at radius 2 is 1.86 bits per heavy atom. The van der Waals surface area contributed by atoms with Crippen molar-refractivity contribution >= 4 is 39.2 Å². The number of aryl methyl sites for hydroxylation is 1. The van der Waals surface area contributed by atoms with Gasteiger partial charge in [-0.3, -0.25) is 4.79 Å². The number of amides is 1. The molecule has 260 valence electrons. The fourth-order valence-electron chi connectivity index (χ4n) is 6.50. The first kappa shape index (κ1) is 33.5. The maximum absolute atomic E-state index is 14.3. The second-order valence-corrected chi connectivity index (χ2v) is 13.2. The molecule has 0 bridgehead atoms. The number of carbonyl (C=O) groups excluding carboxylic acids is 1. The molecule has 4 aromatic heterocycles. The molecule has 0 saturated carbocycles. The van der Waals surface area contributed by atoms with Gasteiger partial charge in [-0.2, -0.15) is 13.2 Å². The number of rotatable bonds is 9. The van der Waals surface area contributed by atoms with Gasteiger partial charge < -0.3 is 28.8 Å². The van der Waals surface area contributed by atoms with Crippen LogP contribution in [0.5, 0.6) is 11.6 Å². The number of imidazole rings is 2. The van der Waals surface area contributed by atoms with Crippen molar-refractivity contribution in [3.8, 4) is 22.9 Å². The van der Waals surface area contributed by atoms with E-state index in [4.69, 9.17) is 14.5 Å². The number of benzene rings is 2. The van der Waals surface area contributed by atoms with Crippen molar-refractivity contribution in [2.24, 2.45) is 0 Å². The van der Waals surface area contributed by atoms with E-state index in [9.17, 15) is 18.0 Å². The molecule has 15 heteroatoms. The highest BCUT2D eigenvalue weighted by Gasteiger charge is 2.39. The Labute approximate surface area is 289 Å². The molecule has 1 fully saturated rings. The van der Waals surface area contributed by atoms with E-state index >= 15 is 0 Å². The van der Waals surface area contributed by atoms with Crippen LogP contribution in [0.1, 0.15) is 34.8 Å². The number of nitrogens with one attached hydrogen (secondary N) is 1. The number of hydrogen-bond donors (Lipinski definition) is 1. The van der Waals surface area contributed by atoms with E-state index in [1.54, 1.807) is 35.6 Å². The number of pyridine rings is 1. The number of para-hydroxylation sites is 1. The Balaban J connectivity index is 1.22. The van der Waals surface area contributed by atoms with Crippen molar-refractivity contribution in [3.05, 3.63) is 82.5 Å². The number of halogens is 3. The lowest BCUT2D eigenvalue weighted by atomic mass is 10.1. The highest BCUT2D eigenvalue weighted by atomic mass is 32.1. The first-order chi connectivity index (χ1) is 24.1. The Kier molecular flexibility index (Phi) is 9.18. The quantitative estimate of drug-likeness (QED) is 0.187. The van der Waals surface area contributed by atoms with E-state index in [1.165, 1.54) is 19.2 Å². The SMILES string of the molecule is COc1ccc2nc(C(F)(F)F)n(CC(=O)N3CCN(CCc4csc(C)n4)CCC3c3ncc(-c4cc5ccccc5nc4OC)[nH]3)c2c1. The highest BCUT2D eigenvalue weighted by molar-refractivity contribution is 7.09. The lowest BCUT2D eigenvalue weighted by molar-refractivity contribution is -0.148. The van der Waals surface area contributed by atoms with Gasteiger partial charge in [0.2, 0.25) is 17.6 Å². The van der Waals surface area contributed by atoms with Crippen molar-refractivity contribution in [1.29, 1.82) is 0 Å². The van der Waals surface area contributed by atoms with Crippen molar-refractivity contribution in [2.75, 3.05) is 40.4 Å². The number of fused-ring (bicyclic) bond motifs is 2. The minimum absolute atomic E-state index is 0.121. The maximum Gasteiger partial charge on any atom is 0.449 e. The smallest absolute Gasteiger partial charge is 0.449 e. The molecule has 6 aromatic rings.